The summed E-state index contributed by atoms with van der Waals surface area (Å²) in [5.41, 5.74) is 1.15. The Morgan fingerprint density at radius 3 is 2.13 bits per heavy atom. The zero-order chi connectivity index (χ0) is 22.1. The van der Waals surface area contributed by atoms with Crippen LogP contribution in [0.4, 0.5) is 0 Å². The van der Waals surface area contributed by atoms with Crippen molar-refractivity contribution in [1.29, 1.82) is 0 Å². The molecule has 0 N–H and O–H groups in total. The molecule has 2 aromatic carbocycles. The molecule has 8 heteroatoms. The molecule has 2 aliphatic heterocycles. The van der Waals surface area contributed by atoms with Crippen LogP contribution in [0.25, 0.3) is 0 Å². The molecule has 4 amide bonds. The normalized spacial score (nSPS) is 17.4. The van der Waals surface area contributed by atoms with Crippen molar-refractivity contribution in [2.75, 3.05) is 26.2 Å². The van der Waals surface area contributed by atoms with Gasteiger partial charge < -0.3 is 9.80 Å². The van der Waals surface area contributed by atoms with Crippen molar-refractivity contribution in [3.63, 3.8) is 0 Å². The first-order valence-electron chi connectivity index (χ1n) is 10.2. The molecule has 1 saturated heterocycles. The molecule has 31 heavy (non-hydrogen) atoms. The number of hydrogen-bond acceptors (Lipinski definition) is 4. The summed E-state index contributed by atoms with van der Waals surface area (Å²) in [6.07, 6.45) is 0.604. The van der Waals surface area contributed by atoms with Crippen molar-refractivity contribution in [3.05, 3.63) is 70.2 Å². The Bertz CT molecular complexity index is 1040. The lowest BCUT2D eigenvalue weighted by atomic mass is 10.1. The molecule has 2 aromatic rings. The number of rotatable bonds is 3. The van der Waals surface area contributed by atoms with E-state index in [1.54, 1.807) is 65.3 Å². The van der Waals surface area contributed by atoms with Gasteiger partial charge in [-0.1, -0.05) is 29.8 Å². The Labute approximate surface area is 185 Å². The maximum atomic E-state index is 13.1. The summed E-state index contributed by atoms with van der Waals surface area (Å²) in [5.74, 6) is -1.33. The van der Waals surface area contributed by atoms with E-state index in [0.29, 0.717) is 54.3 Å². The SMILES string of the molecule is CC(C(=O)N1CCCN(C(=O)c2cccc(Cl)c2)CC1)N1C(=O)c2ccccc2C1=O. The second kappa shape index (κ2) is 8.51. The zero-order valence-electron chi connectivity index (χ0n) is 17.1. The zero-order valence-corrected chi connectivity index (χ0v) is 17.8. The summed E-state index contributed by atoms with van der Waals surface area (Å²) in [4.78, 5) is 55.7. The average Bonchev–Trinajstić information content (AvgIpc) is 2.93. The number of hydrogen-bond donors (Lipinski definition) is 0. The molecular weight excluding hydrogens is 418 g/mol. The standard InChI is InChI=1S/C23H22ClN3O4/c1-15(27-22(30)18-8-2-3-9-19(18)23(27)31)20(28)25-10-5-11-26(13-12-25)21(29)16-6-4-7-17(24)14-16/h2-4,6-9,14-15H,5,10-13H2,1H3. The van der Waals surface area contributed by atoms with Crippen molar-refractivity contribution in [2.24, 2.45) is 0 Å². The Morgan fingerprint density at radius 2 is 1.48 bits per heavy atom. The van der Waals surface area contributed by atoms with E-state index in [1.807, 2.05) is 0 Å². The second-order valence-electron chi connectivity index (χ2n) is 7.68. The van der Waals surface area contributed by atoms with E-state index < -0.39 is 17.9 Å². The largest absolute Gasteiger partial charge is 0.339 e. The van der Waals surface area contributed by atoms with Gasteiger partial charge in [-0.2, -0.15) is 0 Å². The van der Waals surface area contributed by atoms with Gasteiger partial charge in [0.1, 0.15) is 6.04 Å². The van der Waals surface area contributed by atoms with Gasteiger partial charge in [0.2, 0.25) is 5.91 Å². The van der Waals surface area contributed by atoms with Gasteiger partial charge >= 0.3 is 0 Å². The first-order chi connectivity index (χ1) is 14.9. The molecular formula is C23H22ClN3O4. The predicted molar refractivity (Wildman–Crippen MR) is 115 cm³/mol. The highest BCUT2D eigenvalue weighted by molar-refractivity contribution is 6.31. The quantitative estimate of drug-likeness (QED) is 0.689. The van der Waals surface area contributed by atoms with E-state index in [-0.39, 0.29) is 11.8 Å². The maximum absolute atomic E-state index is 13.1. The van der Waals surface area contributed by atoms with Crippen LogP contribution in [0.3, 0.4) is 0 Å². The molecule has 1 unspecified atom stereocenters. The minimum Gasteiger partial charge on any atom is -0.339 e. The summed E-state index contributed by atoms with van der Waals surface area (Å²) in [5, 5.41) is 0.493. The molecule has 7 nitrogen and oxygen atoms in total. The van der Waals surface area contributed by atoms with Crippen molar-refractivity contribution in [2.45, 2.75) is 19.4 Å². The number of carbonyl (C=O) groups is 4. The third kappa shape index (κ3) is 3.93. The highest BCUT2D eigenvalue weighted by Gasteiger charge is 2.41. The van der Waals surface area contributed by atoms with Crippen LogP contribution in [0.2, 0.25) is 5.02 Å². The average molecular weight is 440 g/mol. The molecule has 0 aliphatic carbocycles. The van der Waals surface area contributed by atoms with Gasteiger partial charge in [-0.15, -0.1) is 0 Å². The van der Waals surface area contributed by atoms with Crippen molar-refractivity contribution in [3.8, 4) is 0 Å². The first kappa shape index (κ1) is 21.1. The molecule has 0 spiro atoms. The third-order valence-electron chi connectivity index (χ3n) is 5.74. The van der Waals surface area contributed by atoms with Crippen LogP contribution in [0.1, 0.15) is 44.4 Å². The number of imide groups is 1. The van der Waals surface area contributed by atoms with E-state index in [4.69, 9.17) is 11.6 Å². The number of fused-ring (bicyclic) bond motifs is 1. The number of amides is 4. The summed E-state index contributed by atoms with van der Waals surface area (Å²) in [6.45, 7) is 3.23. The lowest BCUT2D eigenvalue weighted by Gasteiger charge is -2.28. The molecule has 1 atom stereocenters. The molecule has 1 fully saturated rings. The van der Waals surface area contributed by atoms with E-state index >= 15 is 0 Å². The first-order valence-corrected chi connectivity index (χ1v) is 10.6. The number of nitrogens with zero attached hydrogens (tertiary/aromatic N) is 3. The van der Waals surface area contributed by atoms with Crippen LogP contribution < -0.4 is 0 Å². The van der Waals surface area contributed by atoms with E-state index in [1.165, 1.54) is 0 Å². The monoisotopic (exact) mass is 439 g/mol. The molecule has 0 bridgehead atoms. The molecule has 2 aliphatic rings. The Balaban J connectivity index is 1.44. The smallest absolute Gasteiger partial charge is 0.262 e. The predicted octanol–water partition coefficient (Wildman–Crippen LogP) is 2.70. The van der Waals surface area contributed by atoms with Gasteiger partial charge in [-0.3, -0.25) is 24.1 Å². The van der Waals surface area contributed by atoms with Gasteiger partial charge in [0, 0.05) is 36.8 Å². The van der Waals surface area contributed by atoms with Gasteiger partial charge in [0.25, 0.3) is 17.7 Å². The maximum Gasteiger partial charge on any atom is 0.262 e. The highest BCUT2D eigenvalue weighted by Crippen LogP contribution is 2.25. The molecule has 4 rings (SSSR count). The van der Waals surface area contributed by atoms with E-state index in [9.17, 15) is 19.2 Å². The van der Waals surface area contributed by atoms with Gasteiger partial charge in [0.15, 0.2) is 0 Å². The van der Waals surface area contributed by atoms with Crippen LogP contribution in [-0.2, 0) is 4.79 Å². The minimum absolute atomic E-state index is 0.134. The fourth-order valence-corrected chi connectivity index (χ4v) is 4.27. The number of halogens is 1. The van der Waals surface area contributed by atoms with Crippen LogP contribution >= 0.6 is 11.6 Å². The summed E-state index contributed by atoms with van der Waals surface area (Å²) in [6, 6.07) is 12.4. The van der Waals surface area contributed by atoms with Crippen LogP contribution in [-0.4, -0.2) is 70.5 Å². The van der Waals surface area contributed by atoms with Gasteiger partial charge in [-0.05, 0) is 43.7 Å². The second-order valence-corrected chi connectivity index (χ2v) is 8.12. The van der Waals surface area contributed by atoms with Crippen molar-refractivity contribution < 1.29 is 19.2 Å². The Hall–Kier alpha value is -3.19. The summed E-state index contributed by atoms with van der Waals surface area (Å²) in [7, 11) is 0. The molecule has 2 heterocycles. The van der Waals surface area contributed by atoms with Crippen molar-refractivity contribution in [1.82, 2.24) is 14.7 Å². The number of benzene rings is 2. The Kier molecular flexibility index (Phi) is 5.78. The van der Waals surface area contributed by atoms with Crippen LogP contribution in [0.5, 0.6) is 0 Å². The van der Waals surface area contributed by atoms with Crippen LogP contribution in [0.15, 0.2) is 48.5 Å². The molecule has 160 valence electrons. The third-order valence-corrected chi connectivity index (χ3v) is 5.97. The number of carbonyl (C=O) groups excluding carboxylic acids is 4. The van der Waals surface area contributed by atoms with Crippen LogP contribution in [0, 0.1) is 0 Å². The van der Waals surface area contributed by atoms with E-state index in [0.717, 1.165) is 4.90 Å². The topological polar surface area (TPSA) is 78.0 Å². The van der Waals surface area contributed by atoms with Gasteiger partial charge in [0.05, 0.1) is 11.1 Å². The molecule has 0 radical (unpaired) electrons. The lowest BCUT2D eigenvalue weighted by Crippen LogP contribution is -2.50. The van der Waals surface area contributed by atoms with E-state index in [2.05, 4.69) is 0 Å². The summed E-state index contributed by atoms with van der Waals surface area (Å²) < 4.78 is 0. The summed E-state index contributed by atoms with van der Waals surface area (Å²) >= 11 is 6.00. The lowest BCUT2D eigenvalue weighted by molar-refractivity contribution is -0.134. The fourth-order valence-electron chi connectivity index (χ4n) is 4.08. The highest BCUT2D eigenvalue weighted by atomic mass is 35.5. The van der Waals surface area contributed by atoms with Gasteiger partial charge in [-0.25, -0.2) is 0 Å². The van der Waals surface area contributed by atoms with Crippen molar-refractivity contribution >= 4 is 35.2 Å². The molecule has 0 saturated carbocycles. The fraction of sp³-hybridized carbons (Fsp3) is 0.304. The molecule has 0 aromatic heterocycles. The minimum atomic E-state index is -0.914. The Morgan fingerprint density at radius 1 is 0.871 bits per heavy atom.